The van der Waals surface area contributed by atoms with Crippen LogP contribution >= 0.6 is 0 Å². The number of nitrogens with zero attached hydrogens (tertiary/aromatic N) is 2. The van der Waals surface area contributed by atoms with Crippen molar-refractivity contribution in [1.29, 1.82) is 0 Å². The molecule has 1 saturated carbocycles. The van der Waals surface area contributed by atoms with Gasteiger partial charge in [-0.25, -0.2) is 0 Å². The van der Waals surface area contributed by atoms with Crippen LogP contribution in [-0.4, -0.2) is 97.1 Å². The fourth-order valence-corrected chi connectivity index (χ4v) is 8.25. The molecule has 4 fully saturated rings. The number of hydrogen-bond acceptors (Lipinski definition) is 11. The molecule has 6 rings (SSSR count). The maximum Gasteiger partial charge on any atom is 0.306 e. The van der Waals surface area contributed by atoms with Gasteiger partial charge in [0, 0.05) is 49.9 Å². The molecule has 0 radical (unpaired) electrons. The third-order valence-corrected chi connectivity index (χ3v) is 11.8. The molecule has 0 aromatic heterocycles. The van der Waals surface area contributed by atoms with Crippen LogP contribution in [0, 0.1) is 11.8 Å². The number of nitrogens with one attached hydrogen (secondary N) is 4. The van der Waals surface area contributed by atoms with Crippen LogP contribution in [0.25, 0.3) is 0 Å². The number of fused-ring (bicyclic) bond motifs is 1. The SMILES string of the molecule is C/C=C(\C)NC(=O)C1CCC(=O)O1.CNC(C)C(=O)NC(C(=O)N1CCC2CCN(CCc3cccc(Nc4c(OC(C)C)c(=O)c4=O)c3)CC21)C1CCCCC1. The number of piperidine rings is 1. The molecule has 4 N–H and O–H groups in total. The lowest BCUT2D eigenvalue weighted by Crippen LogP contribution is -2.58. The topological polar surface area (TPSA) is 175 Å². The van der Waals surface area contributed by atoms with E-state index in [2.05, 4.69) is 37.1 Å². The summed E-state index contributed by atoms with van der Waals surface area (Å²) in [6, 6.07) is 7.28. The summed E-state index contributed by atoms with van der Waals surface area (Å²) in [4.78, 5) is 77.7. The van der Waals surface area contributed by atoms with Gasteiger partial charge in [0.05, 0.1) is 12.1 Å². The van der Waals surface area contributed by atoms with Crippen LogP contribution in [0.2, 0.25) is 0 Å². The van der Waals surface area contributed by atoms with Crippen LogP contribution < -0.4 is 36.9 Å². The molecule has 0 spiro atoms. The van der Waals surface area contributed by atoms with Crippen molar-refractivity contribution in [2.75, 3.05) is 38.5 Å². The van der Waals surface area contributed by atoms with Gasteiger partial charge in [-0.3, -0.25) is 28.8 Å². The molecule has 2 aromatic carbocycles. The predicted molar refractivity (Wildman–Crippen MR) is 219 cm³/mol. The highest BCUT2D eigenvalue weighted by atomic mass is 16.6. The average molecular weight is 791 g/mol. The Labute approximate surface area is 336 Å². The predicted octanol–water partition coefficient (Wildman–Crippen LogP) is 3.68. The Morgan fingerprint density at radius 1 is 0.982 bits per heavy atom. The summed E-state index contributed by atoms with van der Waals surface area (Å²) in [6.07, 6.45) is 10.1. The van der Waals surface area contributed by atoms with Gasteiger partial charge in [0.15, 0.2) is 11.9 Å². The van der Waals surface area contributed by atoms with E-state index in [-0.39, 0.29) is 59.2 Å². The first-order chi connectivity index (χ1) is 27.3. The number of allylic oxidation sites excluding steroid dienone is 2. The first-order valence-electron chi connectivity index (χ1n) is 20.8. The maximum atomic E-state index is 14.1. The summed E-state index contributed by atoms with van der Waals surface area (Å²) < 4.78 is 10.3. The Hall–Kier alpha value is -4.56. The quantitative estimate of drug-likeness (QED) is 0.162. The van der Waals surface area contributed by atoms with Gasteiger partial charge in [-0.05, 0) is 110 Å². The van der Waals surface area contributed by atoms with E-state index in [1.54, 1.807) is 20.0 Å². The zero-order chi connectivity index (χ0) is 41.2. The molecular formula is C43H62N6O8. The van der Waals surface area contributed by atoms with E-state index in [0.29, 0.717) is 18.8 Å². The number of rotatable bonds is 14. The number of anilines is 2. The number of benzene rings is 1. The number of cyclic esters (lactones) is 1. The fourth-order valence-electron chi connectivity index (χ4n) is 8.25. The standard InChI is InChI=1S/C34H49N5O5.C9H13NO3/c1-21(2)44-32-29(30(40)31(32)41)36-26-12-8-9-23(19-26)13-16-38-17-14-24-15-18-39(27(24)20-38)34(43)28(25-10-6-5-7-11-25)37-33(42)22(3)35-4;1-3-6(2)10-9(12)7-4-5-8(11)13-7/h8-9,12,19,21-22,24-25,27-28,35-36H,5-7,10-11,13-18,20H2,1-4H3,(H,37,42);3,7H,4-5H2,1-2H3,(H,10,12)/b;6-3+. The van der Waals surface area contributed by atoms with Crippen molar-refractivity contribution in [3.63, 3.8) is 0 Å². The summed E-state index contributed by atoms with van der Waals surface area (Å²) in [5.41, 5.74) is 1.73. The molecule has 1 aliphatic carbocycles. The van der Waals surface area contributed by atoms with Crippen molar-refractivity contribution in [3.8, 4) is 5.75 Å². The Morgan fingerprint density at radius 3 is 2.39 bits per heavy atom. The van der Waals surface area contributed by atoms with E-state index >= 15 is 0 Å². The Kier molecular flexibility index (Phi) is 15.5. The van der Waals surface area contributed by atoms with Crippen molar-refractivity contribution in [1.82, 2.24) is 25.8 Å². The van der Waals surface area contributed by atoms with Gasteiger partial charge in [-0.1, -0.05) is 37.5 Å². The van der Waals surface area contributed by atoms with Crippen molar-refractivity contribution >= 4 is 35.1 Å². The van der Waals surface area contributed by atoms with Crippen molar-refractivity contribution in [2.45, 2.75) is 129 Å². The summed E-state index contributed by atoms with van der Waals surface area (Å²) in [6.45, 7) is 12.6. The lowest BCUT2D eigenvalue weighted by molar-refractivity contribution is -0.147. The first kappa shape index (κ1) is 43.6. The molecule has 57 heavy (non-hydrogen) atoms. The van der Waals surface area contributed by atoms with Gasteiger partial charge < -0.3 is 40.5 Å². The summed E-state index contributed by atoms with van der Waals surface area (Å²) in [7, 11) is 1.77. The van der Waals surface area contributed by atoms with Crippen LogP contribution in [0.4, 0.5) is 11.4 Å². The van der Waals surface area contributed by atoms with Gasteiger partial charge in [0.1, 0.15) is 11.7 Å². The molecule has 3 saturated heterocycles. The molecule has 14 nitrogen and oxygen atoms in total. The number of hydrogen-bond donors (Lipinski definition) is 4. The maximum absolute atomic E-state index is 14.1. The zero-order valence-electron chi connectivity index (χ0n) is 34.5. The number of likely N-dealkylation sites (N-methyl/N-ethyl adjacent to an activating group) is 1. The lowest BCUT2D eigenvalue weighted by Gasteiger charge is -2.41. The fraction of sp³-hybridized carbons (Fsp3) is 0.628. The highest BCUT2D eigenvalue weighted by molar-refractivity contribution is 5.90. The second kappa shape index (κ2) is 20.2. The molecule has 0 bridgehead atoms. The Morgan fingerprint density at radius 2 is 1.72 bits per heavy atom. The third-order valence-electron chi connectivity index (χ3n) is 11.8. The molecular weight excluding hydrogens is 729 g/mol. The first-order valence-corrected chi connectivity index (χ1v) is 20.8. The monoisotopic (exact) mass is 790 g/mol. The number of likely N-dealkylation sites (tertiary alicyclic amines) is 2. The molecule has 3 aliphatic heterocycles. The van der Waals surface area contributed by atoms with Gasteiger partial charge in [-0.15, -0.1) is 0 Å². The minimum atomic E-state index is -0.595. The molecule has 5 unspecified atom stereocenters. The number of carbonyl (C=O) groups is 4. The van der Waals surface area contributed by atoms with Crippen molar-refractivity contribution in [2.24, 2.45) is 11.8 Å². The molecule has 4 aliphatic rings. The summed E-state index contributed by atoms with van der Waals surface area (Å²) in [5, 5.41) is 11.9. The number of amides is 3. The van der Waals surface area contributed by atoms with Gasteiger partial charge >= 0.3 is 5.97 Å². The smallest absolute Gasteiger partial charge is 0.306 e. The van der Waals surface area contributed by atoms with Crippen LogP contribution in [0.15, 0.2) is 45.6 Å². The number of esters is 1. The number of carbonyl (C=O) groups excluding carboxylic acids is 4. The van der Waals surface area contributed by atoms with E-state index in [1.165, 1.54) is 6.42 Å². The van der Waals surface area contributed by atoms with Crippen LogP contribution in [-0.2, 0) is 30.3 Å². The van der Waals surface area contributed by atoms with Crippen LogP contribution in [0.1, 0.15) is 98.0 Å². The summed E-state index contributed by atoms with van der Waals surface area (Å²) in [5.74, 6) is 0.264. The third kappa shape index (κ3) is 11.3. The highest BCUT2D eigenvalue weighted by Gasteiger charge is 2.44. The molecule has 5 atom stereocenters. The van der Waals surface area contributed by atoms with Crippen molar-refractivity contribution in [3.05, 3.63) is 62.0 Å². The van der Waals surface area contributed by atoms with E-state index < -0.39 is 23.0 Å². The number of ether oxygens (including phenoxy) is 2. The second-order valence-corrected chi connectivity index (χ2v) is 16.2. The van der Waals surface area contributed by atoms with Crippen LogP contribution in [0.5, 0.6) is 5.75 Å². The highest BCUT2D eigenvalue weighted by Crippen LogP contribution is 2.35. The Bertz CT molecular complexity index is 1830. The van der Waals surface area contributed by atoms with E-state index in [4.69, 9.17) is 9.47 Å². The zero-order valence-corrected chi connectivity index (χ0v) is 34.5. The van der Waals surface area contributed by atoms with E-state index in [9.17, 15) is 28.8 Å². The lowest BCUT2D eigenvalue weighted by atomic mass is 9.83. The molecule has 312 valence electrons. The molecule has 3 heterocycles. The second-order valence-electron chi connectivity index (χ2n) is 16.2. The van der Waals surface area contributed by atoms with Crippen LogP contribution in [0.3, 0.4) is 0 Å². The van der Waals surface area contributed by atoms with E-state index in [0.717, 1.165) is 88.1 Å². The van der Waals surface area contributed by atoms with Gasteiger partial charge in [0.25, 0.3) is 16.8 Å². The molecule has 14 heteroatoms. The normalized spacial score (nSPS) is 22.6. The van der Waals surface area contributed by atoms with Gasteiger partial charge in [-0.2, -0.15) is 0 Å². The van der Waals surface area contributed by atoms with E-state index in [1.807, 2.05) is 45.9 Å². The minimum Gasteiger partial charge on any atom is -0.485 e. The largest absolute Gasteiger partial charge is 0.485 e. The molecule has 2 aromatic rings. The Balaban J connectivity index is 0.000000405. The molecule has 3 amide bonds. The van der Waals surface area contributed by atoms with Crippen molar-refractivity contribution < 1.29 is 28.7 Å². The summed E-state index contributed by atoms with van der Waals surface area (Å²) >= 11 is 0. The minimum absolute atomic E-state index is 0.0980. The van der Waals surface area contributed by atoms with Gasteiger partial charge in [0.2, 0.25) is 11.8 Å². The average Bonchev–Trinajstić information content (AvgIpc) is 3.86.